The first kappa shape index (κ1) is 15.0. The van der Waals surface area contributed by atoms with Crippen molar-refractivity contribution in [1.29, 1.82) is 0 Å². The number of ether oxygens (including phenoxy) is 2. The number of carbonyl (C=O) groups excluding carboxylic acids is 1. The highest BCUT2D eigenvalue weighted by Gasteiger charge is 1.95. The summed E-state index contributed by atoms with van der Waals surface area (Å²) in [4.78, 5) is 10.5. The third kappa shape index (κ3) is 7.78. The van der Waals surface area contributed by atoms with Gasteiger partial charge in [-0.15, -0.1) is 0 Å². The fraction of sp³-hybridized carbons (Fsp3) is 0.133. The summed E-state index contributed by atoms with van der Waals surface area (Å²) in [6.45, 7) is 0.224. The average Bonchev–Trinajstić information content (AvgIpc) is 3.04. The van der Waals surface area contributed by atoms with Crippen LogP contribution in [0.3, 0.4) is 0 Å². The van der Waals surface area contributed by atoms with Crippen LogP contribution in [0.15, 0.2) is 59.3 Å². The van der Waals surface area contributed by atoms with Crippen LogP contribution in [0.4, 0.5) is 4.79 Å². The van der Waals surface area contributed by atoms with E-state index in [4.69, 9.17) is 0 Å². The first-order chi connectivity index (χ1) is 9.33. The Morgan fingerprint density at radius 1 is 1.16 bits per heavy atom. The van der Waals surface area contributed by atoms with Gasteiger partial charge < -0.3 is 9.47 Å². The predicted molar refractivity (Wildman–Crippen MR) is 78.2 cm³/mol. The third-order valence-electron chi connectivity index (χ3n) is 2.00. The van der Waals surface area contributed by atoms with E-state index in [1.54, 1.807) is 17.4 Å². The third-order valence-corrected chi connectivity index (χ3v) is 2.63. The van der Waals surface area contributed by atoms with Crippen molar-refractivity contribution in [2.45, 2.75) is 0 Å². The van der Waals surface area contributed by atoms with Crippen molar-refractivity contribution < 1.29 is 14.3 Å². The minimum atomic E-state index is -0.664. The van der Waals surface area contributed by atoms with Crippen LogP contribution in [-0.2, 0) is 9.47 Å². The van der Waals surface area contributed by atoms with Crippen LogP contribution in [0.25, 0.3) is 6.08 Å². The van der Waals surface area contributed by atoms with Gasteiger partial charge in [-0.3, -0.25) is 0 Å². The van der Waals surface area contributed by atoms with Gasteiger partial charge in [-0.25, -0.2) is 4.79 Å². The molecule has 0 fully saturated rings. The summed E-state index contributed by atoms with van der Waals surface area (Å²) in [5.74, 6) is 0. The van der Waals surface area contributed by atoms with Crippen molar-refractivity contribution in [2.24, 2.45) is 0 Å². The Balaban J connectivity index is 0.000000300. The molecule has 0 aliphatic rings. The van der Waals surface area contributed by atoms with Gasteiger partial charge in [-0.1, -0.05) is 48.5 Å². The maximum atomic E-state index is 10.5. The highest BCUT2D eigenvalue weighted by Crippen LogP contribution is 2.00. The molecule has 0 unspecified atom stereocenters. The van der Waals surface area contributed by atoms with Crippen LogP contribution in [0.5, 0.6) is 0 Å². The Kier molecular flexibility index (Phi) is 7.82. The molecule has 0 spiro atoms. The normalized spacial score (nSPS) is 9.53. The van der Waals surface area contributed by atoms with Crippen LogP contribution in [-0.4, -0.2) is 19.9 Å². The molecule has 0 bridgehead atoms. The number of rotatable bonds is 3. The van der Waals surface area contributed by atoms with Crippen LogP contribution in [0.1, 0.15) is 5.56 Å². The van der Waals surface area contributed by atoms with E-state index < -0.39 is 6.16 Å². The smallest absolute Gasteiger partial charge is 0.438 e. The molecule has 1 aromatic heterocycles. The maximum Gasteiger partial charge on any atom is 0.508 e. The van der Waals surface area contributed by atoms with Crippen molar-refractivity contribution in [3.63, 3.8) is 0 Å². The molecule has 0 N–H and O–H groups in total. The van der Waals surface area contributed by atoms with Crippen molar-refractivity contribution in [1.82, 2.24) is 0 Å². The van der Waals surface area contributed by atoms with Crippen LogP contribution in [0.2, 0.25) is 0 Å². The number of methoxy groups -OCH3 is 1. The van der Waals surface area contributed by atoms with Gasteiger partial charge in [-0.2, -0.15) is 11.3 Å². The Hall–Kier alpha value is -2.07. The monoisotopic (exact) mass is 276 g/mol. The molecule has 0 radical (unpaired) electrons. The SMILES string of the molecule is COC(=O)OCC=Cc1ccccc1.c1ccsc1. The van der Waals surface area contributed by atoms with Crippen molar-refractivity contribution >= 4 is 23.6 Å². The van der Waals surface area contributed by atoms with E-state index in [1.165, 1.54) is 7.11 Å². The molecule has 2 aromatic rings. The fourth-order valence-corrected chi connectivity index (χ4v) is 1.60. The number of hydrogen-bond donors (Lipinski definition) is 0. The average molecular weight is 276 g/mol. The lowest BCUT2D eigenvalue weighted by atomic mass is 10.2. The zero-order valence-corrected chi connectivity index (χ0v) is 11.5. The van der Waals surface area contributed by atoms with Crippen LogP contribution >= 0.6 is 11.3 Å². The largest absolute Gasteiger partial charge is 0.508 e. The second kappa shape index (κ2) is 9.91. The van der Waals surface area contributed by atoms with Crippen LogP contribution < -0.4 is 0 Å². The first-order valence-corrected chi connectivity index (χ1v) is 6.66. The molecule has 0 amide bonds. The summed E-state index contributed by atoms with van der Waals surface area (Å²) >= 11 is 1.71. The quantitative estimate of drug-likeness (QED) is 0.787. The Labute approximate surface area is 117 Å². The zero-order chi connectivity index (χ0) is 13.8. The van der Waals surface area contributed by atoms with Crippen molar-refractivity contribution in [3.05, 3.63) is 64.9 Å². The van der Waals surface area contributed by atoms with E-state index in [0.29, 0.717) is 0 Å². The standard InChI is InChI=1S/C11H12O3.C4H4S/c1-13-11(12)14-9-5-8-10-6-3-2-4-7-10;1-2-4-5-3-1/h2-8H,9H2,1H3;1-4H. The van der Waals surface area contributed by atoms with Gasteiger partial charge in [0.25, 0.3) is 0 Å². The lowest BCUT2D eigenvalue weighted by Crippen LogP contribution is -2.03. The molecular weight excluding hydrogens is 260 g/mol. The highest BCUT2D eigenvalue weighted by atomic mass is 32.1. The number of thiophene rings is 1. The summed E-state index contributed by atoms with van der Waals surface area (Å²) in [6.07, 6.45) is 2.97. The Bertz CT molecular complexity index is 446. The van der Waals surface area contributed by atoms with E-state index in [0.717, 1.165) is 5.56 Å². The van der Waals surface area contributed by atoms with Gasteiger partial charge in [-0.05, 0) is 22.4 Å². The molecule has 3 nitrogen and oxygen atoms in total. The Morgan fingerprint density at radius 3 is 2.37 bits per heavy atom. The summed E-state index contributed by atoms with van der Waals surface area (Å²) < 4.78 is 8.97. The predicted octanol–water partition coefficient (Wildman–Crippen LogP) is 4.23. The van der Waals surface area contributed by atoms with Gasteiger partial charge in [0.2, 0.25) is 0 Å². The lowest BCUT2D eigenvalue weighted by Gasteiger charge is -1.97. The van der Waals surface area contributed by atoms with Gasteiger partial charge in [0.1, 0.15) is 6.61 Å². The number of hydrogen-bond acceptors (Lipinski definition) is 4. The molecule has 0 atom stereocenters. The molecule has 19 heavy (non-hydrogen) atoms. The summed E-state index contributed by atoms with van der Waals surface area (Å²) in [5.41, 5.74) is 1.07. The number of benzene rings is 1. The van der Waals surface area contributed by atoms with E-state index in [1.807, 2.05) is 59.3 Å². The van der Waals surface area contributed by atoms with E-state index in [2.05, 4.69) is 9.47 Å². The molecule has 0 saturated heterocycles. The Morgan fingerprint density at radius 2 is 1.84 bits per heavy atom. The minimum absolute atomic E-state index is 0.224. The number of carbonyl (C=O) groups is 1. The van der Waals surface area contributed by atoms with Gasteiger partial charge in [0.05, 0.1) is 7.11 Å². The molecular formula is C15H16O3S. The second-order valence-corrected chi connectivity index (χ2v) is 4.19. The molecule has 4 heteroatoms. The van der Waals surface area contributed by atoms with E-state index >= 15 is 0 Å². The van der Waals surface area contributed by atoms with Gasteiger partial charge >= 0.3 is 6.16 Å². The van der Waals surface area contributed by atoms with Gasteiger partial charge in [0, 0.05) is 0 Å². The highest BCUT2D eigenvalue weighted by molar-refractivity contribution is 7.07. The fourth-order valence-electron chi connectivity index (χ4n) is 1.15. The van der Waals surface area contributed by atoms with Gasteiger partial charge in [0.15, 0.2) is 0 Å². The minimum Gasteiger partial charge on any atom is -0.438 e. The topological polar surface area (TPSA) is 35.5 Å². The molecule has 1 heterocycles. The molecule has 2 rings (SSSR count). The maximum absolute atomic E-state index is 10.5. The molecule has 0 aliphatic carbocycles. The molecule has 0 aliphatic heterocycles. The molecule has 100 valence electrons. The van der Waals surface area contributed by atoms with E-state index in [9.17, 15) is 4.79 Å². The summed E-state index contributed by atoms with van der Waals surface area (Å²) in [7, 11) is 1.28. The molecule has 1 aromatic carbocycles. The second-order valence-electron chi connectivity index (χ2n) is 3.37. The first-order valence-electron chi connectivity index (χ1n) is 5.72. The summed E-state index contributed by atoms with van der Waals surface area (Å²) in [5, 5.41) is 4.08. The van der Waals surface area contributed by atoms with Crippen molar-refractivity contribution in [3.8, 4) is 0 Å². The van der Waals surface area contributed by atoms with Crippen molar-refractivity contribution in [2.75, 3.05) is 13.7 Å². The zero-order valence-electron chi connectivity index (χ0n) is 10.7. The molecule has 0 saturated carbocycles. The van der Waals surface area contributed by atoms with E-state index in [-0.39, 0.29) is 6.61 Å². The van der Waals surface area contributed by atoms with Crippen LogP contribution in [0, 0.1) is 0 Å². The lowest BCUT2D eigenvalue weighted by molar-refractivity contribution is 0.0819. The summed E-state index contributed by atoms with van der Waals surface area (Å²) in [6, 6.07) is 13.8.